The van der Waals surface area contributed by atoms with E-state index in [1.807, 2.05) is 6.92 Å². The highest BCUT2D eigenvalue weighted by molar-refractivity contribution is 7.89. The van der Waals surface area contributed by atoms with E-state index >= 15 is 0 Å². The van der Waals surface area contributed by atoms with Gasteiger partial charge in [-0.25, -0.2) is 13.6 Å². The first-order chi connectivity index (χ1) is 9.32. The summed E-state index contributed by atoms with van der Waals surface area (Å²) < 4.78 is 23.1. The lowest BCUT2D eigenvalue weighted by molar-refractivity contribution is 0.0951. The van der Waals surface area contributed by atoms with Gasteiger partial charge < -0.3 is 5.32 Å². The summed E-state index contributed by atoms with van der Waals surface area (Å²) >= 11 is 0. The SMILES string of the molecule is CCc1ccc(C(=O)NCC2CC2C)cc1S(N)(=O)=O. The van der Waals surface area contributed by atoms with Crippen molar-refractivity contribution in [1.29, 1.82) is 0 Å². The van der Waals surface area contributed by atoms with Crippen LogP contribution in [0.25, 0.3) is 0 Å². The summed E-state index contributed by atoms with van der Waals surface area (Å²) in [4.78, 5) is 12.1. The molecule has 1 aromatic carbocycles. The number of primary sulfonamides is 1. The van der Waals surface area contributed by atoms with Crippen LogP contribution in [-0.2, 0) is 16.4 Å². The lowest BCUT2D eigenvalue weighted by Gasteiger charge is -2.09. The van der Waals surface area contributed by atoms with Crippen molar-refractivity contribution in [2.45, 2.75) is 31.6 Å². The number of aryl methyl sites for hydroxylation is 1. The molecule has 2 unspecified atom stereocenters. The molecule has 0 spiro atoms. The van der Waals surface area contributed by atoms with E-state index in [2.05, 4.69) is 12.2 Å². The lowest BCUT2D eigenvalue weighted by atomic mass is 10.1. The molecule has 20 heavy (non-hydrogen) atoms. The Hall–Kier alpha value is -1.40. The number of nitrogens with two attached hydrogens (primary N) is 1. The normalized spacial score (nSPS) is 21.6. The summed E-state index contributed by atoms with van der Waals surface area (Å²) in [5, 5.41) is 8.03. The molecular weight excluding hydrogens is 276 g/mol. The second-order valence-electron chi connectivity index (χ2n) is 5.40. The van der Waals surface area contributed by atoms with Crippen molar-refractivity contribution in [1.82, 2.24) is 5.32 Å². The zero-order valence-corrected chi connectivity index (χ0v) is 12.5. The van der Waals surface area contributed by atoms with Crippen LogP contribution in [0.4, 0.5) is 0 Å². The van der Waals surface area contributed by atoms with Gasteiger partial charge in [0.25, 0.3) is 5.91 Å². The minimum atomic E-state index is -3.81. The molecule has 3 N–H and O–H groups in total. The number of benzene rings is 1. The topological polar surface area (TPSA) is 89.3 Å². The van der Waals surface area contributed by atoms with Gasteiger partial charge in [0.05, 0.1) is 4.90 Å². The summed E-state index contributed by atoms with van der Waals surface area (Å²) in [5.74, 6) is 0.959. The van der Waals surface area contributed by atoms with Gasteiger partial charge in [-0.2, -0.15) is 0 Å². The Bertz CT molecular complexity index is 625. The highest BCUT2D eigenvalue weighted by Crippen LogP contribution is 2.36. The van der Waals surface area contributed by atoms with Gasteiger partial charge in [-0.15, -0.1) is 0 Å². The molecule has 6 heteroatoms. The van der Waals surface area contributed by atoms with E-state index < -0.39 is 10.0 Å². The minimum absolute atomic E-state index is 0.0347. The van der Waals surface area contributed by atoms with Gasteiger partial charge in [-0.05, 0) is 42.4 Å². The fourth-order valence-electron chi connectivity index (χ4n) is 2.26. The maximum absolute atomic E-state index is 12.0. The maximum Gasteiger partial charge on any atom is 0.251 e. The average Bonchev–Trinajstić information content (AvgIpc) is 3.10. The fraction of sp³-hybridized carbons (Fsp3) is 0.500. The van der Waals surface area contributed by atoms with Gasteiger partial charge in [0, 0.05) is 12.1 Å². The van der Waals surface area contributed by atoms with Gasteiger partial charge in [0.2, 0.25) is 10.0 Å². The molecule has 1 saturated carbocycles. The molecule has 0 saturated heterocycles. The molecule has 2 atom stereocenters. The van der Waals surface area contributed by atoms with Crippen LogP contribution in [0.1, 0.15) is 36.2 Å². The van der Waals surface area contributed by atoms with Crippen molar-refractivity contribution in [3.63, 3.8) is 0 Å². The zero-order chi connectivity index (χ0) is 14.9. The molecule has 2 rings (SSSR count). The van der Waals surface area contributed by atoms with Crippen molar-refractivity contribution < 1.29 is 13.2 Å². The summed E-state index contributed by atoms with van der Waals surface area (Å²) in [6.45, 7) is 4.63. The number of hydrogen-bond acceptors (Lipinski definition) is 3. The smallest absolute Gasteiger partial charge is 0.251 e. The Morgan fingerprint density at radius 3 is 2.60 bits per heavy atom. The van der Waals surface area contributed by atoms with E-state index in [-0.39, 0.29) is 10.8 Å². The molecule has 0 radical (unpaired) electrons. The number of sulfonamides is 1. The highest BCUT2D eigenvalue weighted by atomic mass is 32.2. The van der Waals surface area contributed by atoms with Crippen LogP contribution in [0.15, 0.2) is 23.1 Å². The molecule has 110 valence electrons. The molecule has 0 aliphatic heterocycles. The number of hydrogen-bond donors (Lipinski definition) is 2. The molecule has 1 aliphatic rings. The summed E-state index contributed by atoms with van der Waals surface area (Å²) in [7, 11) is -3.81. The Kier molecular flexibility index (Phi) is 4.15. The predicted molar refractivity (Wildman–Crippen MR) is 76.8 cm³/mol. The van der Waals surface area contributed by atoms with Crippen LogP contribution in [-0.4, -0.2) is 20.9 Å². The van der Waals surface area contributed by atoms with Gasteiger partial charge in [0.1, 0.15) is 0 Å². The maximum atomic E-state index is 12.0. The molecule has 1 aliphatic carbocycles. The Labute approximate surface area is 119 Å². The monoisotopic (exact) mass is 296 g/mol. The van der Waals surface area contributed by atoms with Gasteiger partial charge >= 0.3 is 0 Å². The van der Waals surface area contributed by atoms with E-state index in [1.54, 1.807) is 12.1 Å². The Morgan fingerprint density at radius 1 is 1.45 bits per heavy atom. The second-order valence-corrected chi connectivity index (χ2v) is 6.93. The Balaban J connectivity index is 2.17. The van der Waals surface area contributed by atoms with Gasteiger partial charge in [0.15, 0.2) is 0 Å². The molecule has 1 amide bonds. The van der Waals surface area contributed by atoms with E-state index in [0.717, 1.165) is 6.42 Å². The van der Waals surface area contributed by atoms with Crippen molar-refractivity contribution in [3.05, 3.63) is 29.3 Å². The second kappa shape index (κ2) is 5.54. The van der Waals surface area contributed by atoms with Crippen LogP contribution >= 0.6 is 0 Å². The standard InChI is InChI=1S/C14H20N2O3S/c1-3-10-4-5-11(7-13(10)20(15,18)19)14(17)16-8-12-6-9(12)2/h4-5,7,9,12H,3,6,8H2,1-2H3,(H,16,17)(H2,15,18,19). The van der Waals surface area contributed by atoms with Crippen molar-refractivity contribution in [2.24, 2.45) is 17.0 Å². The lowest BCUT2D eigenvalue weighted by Crippen LogP contribution is -2.26. The molecular formula is C14H20N2O3S. The predicted octanol–water partition coefficient (Wildman–Crippen LogP) is 1.28. The third-order valence-electron chi connectivity index (χ3n) is 3.82. The number of amides is 1. The number of carbonyl (C=O) groups is 1. The van der Waals surface area contributed by atoms with Crippen LogP contribution in [0.5, 0.6) is 0 Å². The van der Waals surface area contributed by atoms with Gasteiger partial charge in [-0.1, -0.05) is 19.9 Å². The first-order valence-corrected chi connectivity index (χ1v) is 8.31. The number of nitrogens with one attached hydrogen (secondary N) is 1. The van der Waals surface area contributed by atoms with Crippen LogP contribution < -0.4 is 10.5 Å². The average molecular weight is 296 g/mol. The van der Waals surface area contributed by atoms with E-state index in [1.165, 1.54) is 6.07 Å². The van der Waals surface area contributed by atoms with Crippen molar-refractivity contribution >= 4 is 15.9 Å². The number of carbonyl (C=O) groups excluding carboxylic acids is 1. The third-order valence-corrected chi connectivity index (χ3v) is 4.81. The number of rotatable bonds is 5. The molecule has 1 fully saturated rings. The van der Waals surface area contributed by atoms with E-state index in [9.17, 15) is 13.2 Å². The first kappa shape index (κ1) is 15.0. The molecule has 5 nitrogen and oxygen atoms in total. The van der Waals surface area contributed by atoms with E-state index in [0.29, 0.717) is 35.9 Å². The minimum Gasteiger partial charge on any atom is -0.352 e. The van der Waals surface area contributed by atoms with E-state index in [4.69, 9.17) is 5.14 Å². The van der Waals surface area contributed by atoms with Crippen LogP contribution in [0, 0.1) is 11.8 Å². The summed E-state index contributed by atoms with van der Waals surface area (Å²) in [6, 6.07) is 4.65. The van der Waals surface area contributed by atoms with Crippen molar-refractivity contribution in [3.8, 4) is 0 Å². The quantitative estimate of drug-likeness (QED) is 0.857. The van der Waals surface area contributed by atoms with Crippen LogP contribution in [0.3, 0.4) is 0 Å². The zero-order valence-electron chi connectivity index (χ0n) is 11.7. The summed E-state index contributed by atoms with van der Waals surface area (Å²) in [6.07, 6.45) is 1.69. The van der Waals surface area contributed by atoms with Crippen LogP contribution in [0.2, 0.25) is 0 Å². The first-order valence-electron chi connectivity index (χ1n) is 6.76. The molecule has 0 heterocycles. The third kappa shape index (κ3) is 3.37. The highest BCUT2D eigenvalue weighted by Gasteiger charge is 2.32. The Morgan fingerprint density at radius 2 is 2.10 bits per heavy atom. The van der Waals surface area contributed by atoms with Gasteiger partial charge in [-0.3, -0.25) is 4.79 Å². The molecule has 0 aromatic heterocycles. The largest absolute Gasteiger partial charge is 0.352 e. The fourth-order valence-corrected chi connectivity index (χ4v) is 3.13. The molecule has 1 aromatic rings. The van der Waals surface area contributed by atoms with Crippen molar-refractivity contribution in [2.75, 3.05) is 6.54 Å². The molecule has 0 bridgehead atoms. The summed E-state index contributed by atoms with van der Waals surface area (Å²) in [5.41, 5.74) is 0.958.